The maximum absolute atomic E-state index is 11.6. The zero-order valence-corrected chi connectivity index (χ0v) is 12.4. The van der Waals surface area contributed by atoms with Crippen LogP contribution in [0.5, 0.6) is 0 Å². The van der Waals surface area contributed by atoms with Crippen LogP contribution in [-0.4, -0.2) is 24.2 Å². The highest BCUT2D eigenvalue weighted by atomic mass is 16.4. The van der Waals surface area contributed by atoms with Gasteiger partial charge >= 0.3 is 5.97 Å². The molecule has 1 N–H and O–H groups in total. The summed E-state index contributed by atoms with van der Waals surface area (Å²) in [7, 11) is 0. The molecule has 2 heterocycles. The van der Waals surface area contributed by atoms with Crippen LogP contribution in [0.3, 0.4) is 0 Å². The number of carbonyl (C=O) groups is 1. The Bertz CT molecular complexity index is 682. The third-order valence-electron chi connectivity index (χ3n) is 5.94. The van der Waals surface area contributed by atoms with Gasteiger partial charge in [0.1, 0.15) is 0 Å². The topological polar surface area (TPSA) is 40.5 Å². The molecule has 0 saturated heterocycles. The van der Waals surface area contributed by atoms with E-state index in [0.29, 0.717) is 29.2 Å². The van der Waals surface area contributed by atoms with Crippen LogP contribution >= 0.6 is 0 Å². The maximum Gasteiger partial charge on any atom is 0.335 e. The molecule has 0 fully saturated rings. The van der Waals surface area contributed by atoms with Crippen molar-refractivity contribution in [2.24, 2.45) is 11.8 Å². The Labute approximate surface area is 129 Å². The Morgan fingerprint density at radius 1 is 1.00 bits per heavy atom. The van der Waals surface area contributed by atoms with E-state index in [0.717, 1.165) is 25.9 Å². The standard InChI is InChI=1S/C19H19NO2/c21-19(22)13-7-16-14-5-1-3-11(14)9-20-10-12-4-2-6-15(12)17(8-13)18(16)20/h1-2,5-8,11-12,14-15H,3-4,9-10H2,(H,21,22)/t11-,12-,14+,15+/m1/s1. The lowest BCUT2D eigenvalue weighted by Gasteiger charge is -2.46. The van der Waals surface area contributed by atoms with Gasteiger partial charge in [0.2, 0.25) is 0 Å². The molecule has 0 bridgehead atoms. The molecule has 1 aromatic carbocycles. The lowest BCUT2D eigenvalue weighted by atomic mass is 9.74. The van der Waals surface area contributed by atoms with Gasteiger partial charge < -0.3 is 10.0 Å². The van der Waals surface area contributed by atoms with Crippen LogP contribution in [0, 0.1) is 11.8 Å². The highest BCUT2D eigenvalue weighted by Gasteiger charge is 2.42. The van der Waals surface area contributed by atoms with Crippen LogP contribution in [0.2, 0.25) is 0 Å². The first-order valence-electron chi connectivity index (χ1n) is 8.22. The molecule has 5 rings (SSSR count). The summed E-state index contributed by atoms with van der Waals surface area (Å²) in [6, 6.07) is 3.86. The fraction of sp³-hybridized carbons (Fsp3) is 0.421. The van der Waals surface area contributed by atoms with E-state index in [2.05, 4.69) is 29.2 Å². The summed E-state index contributed by atoms with van der Waals surface area (Å²) in [6.07, 6.45) is 11.4. The molecule has 3 nitrogen and oxygen atoms in total. The predicted octanol–water partition coefficient (Wildman–Crippen LogP) is 3.54. The summed E-state index contributed by atoms with van der Waals surface area (Å²) >= 11 is 0. The van der Waals surface area contributed by atoms with Gasteiger partial charge in [-0.2, -0.15) is 0 Å². The number of benzene rings is 1. The van der Waals surface area contributed by atoms with E-state index < -0.39 is 5.97 Å². The lowest BCUT2D eigenvalue weighted by molar-refractivity contribution is 0.0696. The molecule has 0 spiro atoms. The Hall–Kier alpha value is -2.03. The first-order valence-corrected chi connectivity index (χ1v) is 8.22. The zero-order chi connectivity index (χ0) is 14.8. The summed E-state index contributed by atoms with van der Waals surface area (Å²) in [5.74, 6) is 1.25. The molecule has 0 amide bonds. The normalized spacial score (nSPS) is 33.5. The summed E-state index contributed by atoms with van der Waals surface area (Å²) in [5, 5.41) is 9.52. The van der Waals surface area contributed by atoms with Crippen LogP contribution in [0.4, 0.5) is 5.69 Å². The van der Waals surface area contributed by atoms with E-state index in [9.17, 15) is 9.90 Å². The van der Waals surface area contributed by atoms with Crippen molar-refractivity contribution in [1.29, 1.82) is 0 Å². The van der Waals surface area contributed by atoms with Gasteiger partial charge in [-0.1, -0.05) is 24.3 Å². The number of hydrogen-bond donors (Lipinski definition) is 1. The zero-order valence-electron chi connectivity index (χ0n) is 12.4. The Balaban J connectivity index is 1.77. The summed E-state index contributed by atoms with van der Waals surface area (Å²) in [6.45, 7) is 2.24. The van der Waals surface area contributed by atoms with Crippen molar-refractivity contribution < 1.29 is 9.90 Å². The van der Waals surface area contributed by atoms with E-state index in [1.807, 2.05) is 12.1 Å². The monoisotopic (exact) mass is 293 g/mol. The summed E-state index contributed by atoms with van der Waals surface area (Å²) < 4.78 is 0. The van der Waals surface area contributed by atoms with Crippen LogP contribution in [-0.2, 0) is 0 Å². The fourth-order valence-electron chi connectivity index (χ4n) is 5.00. The number of anilines is 1. The summed E-state index contributed by atoms with van der Waals surface area (Å²) in [5.41, 5.74) is 4.29. The van der Waals surface area contributed by atoms with Gasteiger partial charge in [-0.05, 0) is 47.9 Å². The maximum atomic E-state index is 11.6. The van der Waals surface area contributed by atoms with Gasteiger partial charge in [0.05, 0.1) is 5.56 Å². The quantitative estimate of drug-likeness (QED) is 0.805. The minimum absolute atomic E-state index is 0.409. The number of carboxylic acid groups (broad SMARTS) is 1. The SMILES string of the molecule is O=C(O)c1cc2c3c(c1)[C@H]1C=CC[C@@H]1CN3C[C@H]1CC=C[C@H]21. The van der Waals surface area contributed by atoms with Crippen LogP contribution in [0.15, 0.2) is 36.4 Å². The smallest absolute Gasteiger partial charge is 0.335 e. The second kappa shape index (κ2) is 4.25. The van der Waals surface area contributed by atoms with Crippen molar-refractivity contribution in [2.45, 2.75) is 24.7 Å². The first kappa shape index (κ1) is 12.5. The average molecular weight is 293 g/mol. The van der Waals surface area contributed by atoms with Crippen LogP contribution in [0.1, 0.15) is 46.2 Å². The van der Waals surface area contributed by atoms with Crippen LogP contribution in [0.25, 0.3) is 0 Å². The van der Waals surface area contributed by atoms with Crippen molar-refractivity contribution in [3.8, 4) is 0 Å². The average Bonchev–Trinajstić information content (AvgIpc) is 3.15. The third-order valence-corrected chi connectivity index (χ3v) is 5.94. The van der Waals surface area contributed by atoms with Gasteiger partial charge in [-0.3, -0.25) is 0 Å². The van der Waals surface area contributed by atoms with E-state index in [1.54, 1.807) is 0 Å². The second-order valence-corrected chi connectivity index (χ2v) is 7.11. The second-order valence-electron chi connectivity index (χ2n) is 7.11. The van der Waals surface area contributed by atoms with Crippen molar-refractivity contribution in [3.63, 3.8) is 0 Å². The molecule has 2 aliphatic carbocycles. The lowest BCUT2D eigenvalue weighted by Crippen LogP contribution is -2.43. The minimum Gasteiger partial charge on any atom is -0.478 e. The molecular formula is C19H19NO2. The number of carboxylic acids is 1. The largest absolute Gasteiger partial charge is 0.478 e. The molecule has 0 unspecified atom stereocenters. The molecule has 0 aromatic heterocycles. The Morgan fingerprint density at radius 2 is 1.55 bits per heavy atom. The minimum atomic E-state index is -0.807. The molecule has 0 saturated carbocycles. The van der Waals surface area contributed by atoms with Gasteiger partial charge in [0.25, 0.3) is 0 Å². The number of aromatic carboxylic acids is 1. The van der Waals surface area contributed by atoms with Gasteiger partial charge in [0.15, 0.2) is 0 Å². The number of hydrogen-bond acceptors (Lipinski definition) is 2. The van der Waals surface area contributed by atoms with Crippen molar-refractivity contribution in [2.75, 3.05) is 18.0 Å². The number of rotatable bonds is 1. The molecule has 2 aliphatic heterocycles. The van der Waals surface area contributed by atoms with Crippen LogP contribution < -0.4 is 4.90 Å². The molecule has 112 valence electrons. The van der Waals surface area contributed by atoms with E-state index >= 15 is 0 Å². The molecule has 4 aliphatic rings. The number of nitrogens with zero attached hydrogens (tertiary/aromatic N) is 1. The highest BCUT2D eigenvalue weighted by molar-refractivity contribution is 5.90. The van der Waals surface area contributed by atoms with Crippen molar-refractivity contribution in [3.05, 3.63) is 53.1 Å². The van der Waals surface area contributed by atoms with Gasteiger partial charge in [0, 0.05) is 30.6 Å². The predicted molar refractivity (Wildman–Crippen MR) is 85.6 cm³/mol. The first-order chi connectivity index (χ1) is 10.7. The van der Waals surface area contributed by atoms with Gasteiger partial charge in [-0.15, -0.1) is 0 Å². The fourth-order valence-corrected chi connectivity index (χ4v) is 5.00. The Morgan fingerprint density at radius 3 is 2.05 bits per heavy atom. The molecule has 0 radical (unpaired) electrons. The van der Waals surface area contributed by atoms with E-state index in [1.165, 1.54) is 16.8 Å². The third kappa shape index (κ3) is 1.54. The molecule has 4 atom stereocenters. The number of allylic oxidation sites excluding steroid dienone is 4. The van der Waals surface area contributed by atoms with Gasteiger partial charge in [-0.25, -0.2) is 4.79 Å². The van der Waals surface area contributed by atoms with E-state index in [4.69, 9.17) is 0 Å². The Kier molecular flexibility index (Phi) is 2.42. The van der Waals surface area contributed by atoms with Crippen molar-refractivity contribution in [1.82, 2.24) is 0 Å². The molecule has 1 aromatic rings. The van der Waals surface area contributed by atoms with Crippen molar-refractivity contribution >= 4 is 11.7 Å². The molecular weight excluding hydrogens is 274 g/mol. The highest BCUT2D eigenvalue weighted by Crippen LogP contribution is 2.53. The molecule has 3 heteroatoms. The molecule has 22 heavy (non-hydrogen) atoms. The summed E-state index contributed by atoms with van der Waals surface area (Å²) in [4.78, 5) is 14.1. The van der Waals surface area contributed by atoms with E-state index in [-0.39, 0.29) is 0 Å². The number of fused-ring (bicyclic) bond motifs is 4.